The lowest BCUT2D eigenvalue weighted by atomic mass is 10.3. The van der Waals surface area contributed by atoms with Crippen molar-refractivity contribution in [3.63, 3.8) is 0 Å². The Labute approximate surface area is 99.7 Å². The molecular formula is C9H6F3N3O2S. The number of rotatable bonds is 3. The molecule has 0 bridgehead atoms. The van der Waals surface area contributed by atoms with Crippen LogP contribution < -0.4 is 4.72 Å². The van der Waals surface area contributed by atoms with E-state index in [0.717, 1.165) is 0 Å². The number of H-pyrrole nitrogens is 1. The van der Waals surface area contributed by atoms with Crippen LogP contribution in [0, 0.1) is 17.5 Å². The molecule has 0 saturated carbocycles. The first-order valence-corrected chi connectivity index (χ1v) is 6.05. The van der Waals surface area contributed by atoms with E-state index in [-0.39, 0.29) is 18.1 Å². The van der Waals surface area contributed by atoms with Gasteiger partial charge in [0.1, 0.15) is 17.5 Å². The number of aromatic amines is 1. The van der Waals surface area contributed by atoms with Gasteiger partial charge in [-0.05, 0) is 0 Å². The Kier molecular flexibility index (Phi) is 2.99. The lowest BCUT2D eigenvalue weighted by Gasteiger charge is -2.07. The summed E-state index contributed by atoms with van der Waals surface area (Å²) in [5, 5.41) is 0. The van der Waals surface area contributed by atoms with E-state index in [2.05, 4.69) is 9.97 Å². The van der Waals surface area contributed by atoms with Gasteiger partial charge in [0.05, 0.1) is 0 Å². The maximum absolute atomic E-state index is 13.3. The molecule has 96 valence electrons. The van der Waals surface area contributed by atoms with Gasteiger partial charge in [0.15, 0.2) is 4.90 Å². The Hall–Kier alpha value is -2.03. The molecule has 1 aromatic heterocycles. The summed E-state index contributed by atoms with van der Waals surface area (Å²) in [5.41, 5.74) is 0. The van der Waals surface area contributed by atoms with Crippen molar-refractivity contribution in [3.8, 4) is 0 Å². The molecule has 2 aromatic rings. The quantitative estimate of drug-likeness (QED) is 0.895. The van der Waals surface area contributed by atoms with Crippen molar-refractivity contribution < 1.29 is 21.6 Å². The summed E-state index contributed by atoms with van der Waals surface area (Å²) in [7, 11) is -4.52. The fraction of sp³-hybridized carbons (Fsp3) is 0. The minimum atomic E-state index is -4.52. The highest BCUT2D eigenvalue weighted by atomic mass is 32.2. The van der Waals surface area contributed by atoms with E-state index >= 15 is 0 Å². The van der Waals surface area contributed by atoms with Crippen molar-refractivity contribution >= 4 is 16.0 Å². The number of nitrogens with one attached hydrogen (secondary N) is 2. The zero-order chi connectivity index (χ0) is 13.3. The van der Waals surface area contributed by atoms with E-state index in [9.17, 15) is 21.6 Å². The molecule has 0 amide bonds. The predicted molar refractivity (Wildman–Crippen MR) is 55.7 cm³/mol. The van der Waals surface area contributed by atoms with Gasteiger partial charge in [-0.3, -0.25) is 0 Å². The highest BCUT2D eigenvalue weighted by molar-refractivity contribution is 7.92. The Morgan fingerprint density at radius 2 is 1.78 bits per heavy atom. The third kappa shape index (κ3) is 2.30. The standard InChI is InChI=1S/C9H6F3N3O2S/c10-5-3-6(11)8(7(12)4-5)18(16,17)15-9-13-1-2-14-9/h1-4H,(H2,13,14,15). The second-order valence-corrected chi connectivity index (χ2v) is 4.86. The molecule has 0 aliphatic rings. The molecule has 5 nitrogen and oxygen atoms in total. The van der Waals surface area contributed by atoms with Gasteiger partial charge in [-0.15, -0.1) is 0 Å². The van der Waals surface area contributed by atoms with Crippen LogP contribution in [0.2, 0.25) is 0 Å². The second kappa shape index (κ2) is 4.33. The number of benzene rings is 1. The Morgan fingerprint density at radius 3 is 2.28 bits per heavy atom. The molecule has 2 rings (SSSR count). The Balaban J connectivity index is 2.48. The van der Waals surface area contributed by atoms with E-state index < -0.39 is 32.4 Å². The summed E-state index contributed by atoms with van der Waals surface area (Å²) in [6.07, 6.45) is 2.56. The average molecular weight is 277 g/mol. The van der Waals surface area contributed by atoms with Crippen LogP contribution >= 0.6 is 0 Å². The number of imidazole rings is 1. The van der Waals surface area contributed by atoms with Crippen LogP contribution in [0.4, 0.5) is 19.1 Å². The second-order valence-electron chi connectivity index (χ2n) is 3.24. The molecule has 0 saturated heterocycles. The molecule has 0 aliphatic carbocycles. The maximum Gasteiger partial charge on any atom is 0.270 e. The van der Waals surface area contributed by atoms with Gasteiger partial charge in [-0.1, -0.05) is 0 Å². The fourth-order valence-corrected chi connectivity index (χ4v) is 2.38. The molecule has 0 atom stereocenters. The molecule has 0 spiro atoms. The fourth-order valence-electron chi connectivity index (χ4n) is 1.29. The third-order valence-electron chi connectivity index (χ3n) is 1.96. The van der Waals surface area contributed by atoms with Crippen molar-refractivity contribution in [2.75, 3.05) is 4.72 Å². The summed E-state index contributed by atoms with van der Waals surface area (Å²) in [4.78, 5) is 4.67. The number of anilines is 1. The van der Waals surface area contributed by atoms with Crippen LogP contribution in [0.1, 0.15) is 0 Å². The first-order chi connectivity index (χ1) is 8.40. The molecule has 9 heteroatoms. The van der Waals surface area contributed by atoms with E-state index in [1.165, 1.54) is 12.4 Å². The van der Waals surface area contributed by atoms with Crippen molar-refractivity contribution in [2.24, 2.45) is 0 Å². The number of aromatic nitrogens is 2. The van der Waals surface area contributed by atoms with Crippen molar-refractivity contribution in [1.82, 2.24) is 9.97 Å². The number of sulfonamides is 1. The zero-order valence-electron chi connectivity index (χ0n) is 8.62. The van der Waals surface area contributed by atoms with E-state index in [0.29, 0.717) is 0 Å². The molecule has 0 unspecified atom stereocenters. The van der Waals surface area contributed by atoms with E-state index in [1.54, 1.807) is 0 Å². The van der Waals surface area contributed by atoms with Crippen LogP contribution in [0.15, 0.2) is 29.4 Å². The number of hydrogen-bond acceptors (Lipinski definition) is 3. The van der Waals surface area contributed by atoms with Gasteiger partial charge in [0, 0.05) is 24.5 Å². The number of hydrogen-bond donors (Lipinski definition) is 2. The zero-order valence-corrected chi connectivity index (χ0v) is 9.43. The van der Waals surface area contributed by atoms with Gasteiger partial charge in [-0.25, -0.2) is 31.3 Å². The van der Waals surface area contributed by atoms with Crippen LogP contribution in [-0.4, -0.2) is 18.4 Å². The highest BCUT2D eigenvalue weighted by Gasteiger charge is 2.25. The molecule has 1 aromatic carbocycles. The summed E-state index contributed by atoms with van der Waals surface area (Å²) in [6, 6.07) is 0.555. The molecule has 0 fully saturated rings. The molecule has 2 N–H and O–H groups in total. The van der Waals surface area contributed by atoms with Crippen molar-refractivity contribution in [2.45, 2.75) is 4.90 Å². The van der Waals surface area contributed by atoms with Crippen LogP contribution in [0.5, 0.6) is 0 Å². The van der Waals surface area contributed by atoms with E-state index in [4.69, 9.17) is 0 Å². The van der Waals surface area contributed by atoms with Crippen LogP contribution in [-0.2, 0) is 10.0 Å². The number of nitrogens with zero attached hydrogens (tertiary/aromatic N) is 1. The third-order valence-corrected chi connectivity index (χ3v) is 3.35. The van der Waals surface area contributed by atoms with Gasteiger partial charge in [0.2, 0.25) is 5.95 Å². The first-order valence-electron chi connectivity index (χ1n) is 4.57. The van der Waals surface area contributed by atoms with Gasteiger partial charge in [-0.2, -0.15) is 0 Å². The molecular weight excluding hydrogens is 271 g/mol. The maximum atomic E-state index is 13.3. The normalized spacial score (nSPS) is 11.5. The van der Waals surface area contributed by atoms with Crippen molar-refractivity contribution in [3.05, 3.63) is 42.0 Å². The minimum Gasteiger partial charge on any atom is -0.330 e. The topological polar surface area (TPSA) is 74.8 Å². The van der Waals surface area contributed by atoms with Gasteiger partial charge >= 0.3 is 0 Å². The SMILES string of the molecule is O=S(=O)(Nc1ncc[nH]1)c1c(F)cc(F)cc1F. The lowest BCUT2D eigenvalue weighted by molar-refractivity contribution is 0.498. The molecule has 0 aliphatic heterocycles. The minimum absolute atomic E-state index is 0.210. The predicted octanol–water partition coefficient (Wildman–Crippen LogP) is 1.63. The summed E-state index contributed by atoms with van der Waals surface area (Å²) < 4.78 is 64.4. The number of halogens is 3. The molecule has 0 radical (unpaired) electrons. The van der Waals surface area contributed by atoms with Gasteiger partial charge in [0.25, 0.3) is 10.0 Å². The van der Waals surface area contributed by atoms with Crippen LogP contribution in [0.25, 0.3) is 0 Å². The summed E-state index contributed by atoms with van der Waals surface area (Å²) in [5.74, 6) is -4.46. The van der Waals surface area contributed by atoms with Gasteiger partial charge < -0.3 is 4.98 Å². The monoisotopic (exact) mass is 277 g/mol. The lowest BCUT2D eigenvalue weighted by Crippen LogP contribution is -2.17. The summed E-state index contributed by atoms with van der Waals surface area (Å²) in [6.45, 7) is 0. The average Bonchev–Trinajstić information content (AvgIpc) is 2.66. The smallest absolute Gasteiger partial charge is 0.270 e. The van der Waals surface area contributed by atoms with Crippen LogP contribution in [0.3, 0.4) is 0 Å². The van der Waals surface area contributed by atoms with E-state index in [1.807, 2.05) is 4.72 Å². The summed E-state index contributed by atoms with van der Waals surface area (Å²) >= 11 is 0. The Morgan fingerprint density at radius 1 is 1.17 bits per heavy atom. The van der Waals surface area contributed by atoms with Crippen molar-refractivity contribution in [1.29, 1.82) is 0 Å². The Bertz CT molecular complexity index is 647. The highest BCUT2D eigenvalue weighted by Crippen LogP contribution is 2.21. The molecule has 1 heterocycles. The molecule has 18 heavy (non-hydrogen) atoms. The first kappa shape index (κ1) is 12.4. The largest absolute Gasteiger partial charge is 0.330 e.